The molecular weight excluding hydrogens is 595 g/mol. The molecule has 2 heterocycles. The van der Waals surface area contributed by atoms with Crippen molar-refractivity contribution in [2.75, 3.05) is 31.8 Å². The molecule has 230 valence electrons. The van der Waals surface area contributed by atoms with Crippen LogP contribution in [0.15, 0.2) is 36.4 Å². The van der Waals surface area contributed by atoms with Crippen molar-refractivity contribution in [3.8, 4) is 0 Å². The first-order chi connectivity index (χ1) is 20.7. The van der Waals surface area contributed by atoms with E-state index in [0.717, 1.165) is 24.4 Å². The lowest BCUT2D eigenvalue weighted by Gasteiger charge is -2.42. The number of hydrogen-bond acceptors (Lipinski definition) is 8. The third-order valence-corrected chi connectivity index (χ3v) is 9.84. The van der Waals surface area contributed by atoms with Gasteiger partial charge in [0.2, 0.25) is 5.06 Å². The lowest BCUT2D eigenvalue weighted by atomic mass is 9.87. The summed E-state index contributed by atoms with van der Waals surface area (Å²) >= 11 is 7.83. The summed E-state index contributed by atoms with van der Waals surface area (Å²) in [5.74, 6) is -1.83. The van der Waals surface area contributed by atoms with Crippen LogP contribution in [0.4, 0.5) is 10.1 Å². The van der Waals surface area contributed by atoms with Crippen molar-refractivity contribution in [2.24, 2.45) is 13.0 Å². The predicted molar refractivity (Wildman–Crippen MR) is 165 cm³/mol. The number of halogens is 2. The highest BCUT2D eigenvalue weighted by Crippen LogP contribution is 2.39. The number of esters is 1. The number of anilines is 1. The number of ketones is 1. The molecule has 1 N–H and O–H groups in total. The Kier molecular flexibility index (Phi) is 9.75. The molecule has 3 aromatic rings. The van der Waals surface area contributed by atoms with Crippen molar-refractivity contribution < 1.29 is 28.2 Å². The van der Waals surface area contributed by atoms with Crippen LogP contribution < -0.4 is 5.32 Å². The minimum absolute atomic E-state index is 0.0874. The number of rotatable bonds is 10. The second-order valence-electron chi connectivity index (χ2n) is 11.1. The Morgan fingerprint density at radius 2 is 1.84 bits per heavy atom. The Labute approximate surface area is 259 Å². The van der Waals surface area contributed by atoms with Gasteiger partial charge in [0.25, 0.3) is 5.91 Å². The van der Waals surface area contributed by atoms with Crippen LogP contribution >= 0.6 is 23.4 Å². The number of Topliss-reactive ketones (excluding diaryl/α,β-unsaturated/α-hetero) is 1. The SMILES string of the molecule is COC(=O)C1CCC(OC(SC)(C(=O)Cc2cc(Cl)c(NC(=O)c3nn(C)c4ccccc34)cc2F)N2CCCC2)CC1. The summed E-state index contributed by atoms with van der Waals surface area (Å²) in [7, 11) is 3.13. The van der Waals surface area contributed by atoms with Crippen LogP contribution in [0.1, 0.15) is 54.6 Å². The molecule has 12 heteroatoms. The van der Waals surface area contributed by atoms with Crippen molar-refractivity contribution in [3.05, 3.63) is 58.5 Å². The number of nitrogens with zero attached hydrogens (tertiary/aromatic N) is 3. The largest absolute Gasteiger partial charge is 0.469 e. The quantitative estimate of drug-likeness (QED) is 0.228. The number of methoxy groups -OCH3 is 1. The number of likely N-dealkylation sites (tertiary alicyclic amines) is 1. The molecule has 2 aliphatic rings. The molecule has 43 heavy (non-hydrogen) atoms. The maximum absolute atomic E-state index is 15.5. The number of amides is 1. The van der Waals surface area contributed by atoms with Gasteiger partial charge in [-0.3, -0.25) is 24.0 Å². The number of fused-ring (bicyclic) bond motifs is 1. The Morgan fingerprint density at radius 1 is 1.14 bits per heavy atom. The van der Waals surface area contributed by atoms with Crippen molar-refractivity contribution in [1.29, 1.82) is 0 Å². The number of carbonyl (C=O) groups excluding carboxylic acids is 3. The highest BCUT2D eigenvalue weighted by atomic mass is 35.5. The van der Waals surface area contributed by atoms with Crippen LogP contribution in [0.25, 0.3) is 10.9 Å². The van der Waals surface area contributed by atoms with Crippen LogP contribution in [0.2, 0.25) is 5.02 Å². The highest BCUT2D eigenvalue weighted by molar-refractivity contribution is 8.00. The number of aryl methyl sites for hydroxylation is 1. The summed E-state index contributed by atoms with van der Waals surface area (Å²) in [4.78, 5) is 41.1. The van der Waals surface area contributed by atoms with E-state index in [-0.39, 0.29) is 52.2 Å². The van der Waals surface area contributed by atoms with Crippen LogP contribution in [-0.2, 0) is 32.5 Å². The average molecular weight is 631 g/mol. The van der Waals surface area contributed by atoms with E-state index in [1.807, 2.05) is 29.4 Å². The van der Waals surface area contributed by atoms with Gasteiger partial charge in [-0.1, -0.05) is 29.8 Å². The maximum Gasteiger partial charge on any atom is 0.308 e. The number of ether oxygens (including phenoxy) is 2. The van der Waals surface area contributed by atoms with E-state index >= 15 is 4.39 Å². The minimum atomic E-state index is -1.29. The highest BCUT2D eigenvalue weighted by Gasteiger charge is 2.48. The van der Waals surface area contributed by atoms with Gasteiger partial charge in [0.1, 0.15) is 5.82 Å². The average Bonchev–Trinajstić information content (AvgIpc) is 3.67. The van der Waals surface area contributed by atoms with Gasteiger partial charge in [0, 0.05) is 31.9 Å². The summed E-state index contributed by atoms with van der Waals surface area (Å²) in [5, 5.41) is 6.46. The zero-order valence-electron chi connectivity index (χ0n) is 24.5. The molecule has 1 amide bonds. The van der Waals surface area contributed by atoms with E-state index < -0.39 is 16.8 Å². The number of para-hydroxylation sites is 1. The predicted octanol–water partition coefficient (Wildman–Crippen LogP) is 5.59. The molecule has 2 fully saturated rings. The lowest BCUT2D eigenvalue weighted by molar-refractivity contribution is -0.166. The third-order valence-electron chi connectivity index (χ3n) is 8.39. The first-order valence-corrected chi connectivity index (χ1v) is 16.1. The van der Waals surface area contributed by atoms with Gasteiger partial charge in [0.15, 0.2) is 11.5 Å². The Morgan fingerprint density at radius 3 is 2.51 bits per heavy atom. The molecule has 1 aliphatic carbocycles. The van der Waals surface area contributed by atoms with Crippen LogP contribution in [0.3, 0.4) is 0 Å². The van der Waals surface area contributed by atoms with Gasteiger partial charge in [-0.05, 0) is 68.5 Å². The van der Waals surface area contributed by atoms with Crippen molar-refractivity contribution >= 4 is 57.6 Å². The van der Waals surface area contributed by atoms with Crippen LogP contribution in [0, 0.1) is 11.7 Å². The Balaban J connectivity index is 1.33. The molecule has 0 radical (unpaired) electrons. The second-order valence-corrected chi connectivity index (χ2v) is 12.4. The molecule has 1 aliphatic heterocycles. The maximum atomic E-state index is 15.5. The smallest absolute Gasteiger partial charge is 0.308 e. The number of hydrogen-bond donors (Lipinski definition) is 1. The van der Waals surface area contributed by atoms with E-state index in [2.05, 4.69) is 10.4 Å². The monoisotopic (exact) mass is 630 g/mol. The lowest BCUT2D eigenvalue weighted by Crippen LogP contribution is -2.55. The second kappa shape index (κ2) is 13.3. The molecule has 9 nitrogen and oxygen atoms in total. The molecule has 5 rings (SSSR count). The van der Waals surface area contributed by atoms with Crippen molar-refractivity contribution in [2.45, 2.75) is 56.1 Å². The fourth-order valence-electron chi connectivity index (χ4n) is 6.10. The molecule has 0 bridgehead atoms. The van der Waals surface area contributed by atoms with E-state index in [1.54, 1.807) is 17.8 Å². The molecular formula is C31H36ClFN4O5S. The fourth-order valence-corrected chi connectivity index (χ4v) is 7.30. The third kappa shape index (κ3) is 6.45. The molecule has 1 aromatic heterocycles. The zero-order valence-corrected chi connectivity index (χ0v) is 26.1. The summed E-state index contributed by atoms with van der Waals surface area (Å²) in [5.41, 5.74) is 1.19. The number of benzene rings is 2. The minimum Gasteiger partial charge on any atom is -0.469 e. The van der Waals surface area contributed by atoms with Crippen molar-refractivity contribution in [1.82, 2.24) is 14.7 Å². The van der Waals surface area contributed by atoms with Gasteiger partial charge < -0.3 is 14.8 Å². The molecule has 1 atom stereocenters. The zero-order chi connectivity index (χ0) is 30.7. The summed E-state index contributed by atoms with van der Waals surface area (Å²) in [6.45, 7) is 1.39. The van der Waals surface area contributed by atoms with E-state index in [1.165, 1.54) is 24.9 Å². The van der Waals surface area contributed by atoms with Gasteiger partial charge >= 0.3 is 5.97 Å². The topological polar surface area (TPSA) is 103 Å². The van der Waals surface area contributed by atoms with Gasteiger partial charge in [-0.15, -0.1) is 11.8 Å². The summed E-state index contributed by atoms with van der Waals surface area (Å²) in [6.07, 6.45) is 5.77. The molecule has 1 unspecified atom stereocenters. The normalized spacial score (nSPS) is 20.6. The van der Waals surface area contributed by atoms with Crippen LogP contribution in [-0.4, -0.2) is 70.0 Å². The standard InChI is InChI=1S/C31H36ClFN4O5S/c1-36-26-9-5-4-8-22(26)28(35-36)29(39)34-25-18-24(33)20(16-23(25)32)17-27(38)31(43-3,37-14-6-7-15-37)42-21-12-10-19(11-13-21)30(40)41-2/h4-5,8-9,16,18-19,21H,6-7,10-15,17H2,1-3H3,(H,34,39). The molecule has 2 aromatic carbocycles. The summed E-state index contributed by atoms with van der Waals surface area (Å²) in [6, 6.07) is 9.84. The fraction of sp³-hybridized carbons (Fsp3) is 0.484. The number of thioether (sulfide) groups is 1. The Bertz CT molecular complexity index is 1520. The van der Waals surface area contributed by atoms with Gasteiger partial charge in [-0.2, -0.15) is 5.10 Å². The van der Waals surface area contributed by atoms with E-state index in [4.69, 9.17) is 21.1 Å². The first kappa shape index (κ1) is 31.4. The van der Waals surface area contributed by atoms with Gasteiger partial charge in [0.05, 0.1) is 35.4 Å². The first-order valence-electron chi connectivity index (χ1n) is 14.5. The van der Waals surface area contributed by atoms with Crippen LogP contribution in [0.5, 0.6) is 0 Å². The number of nitrogens with one attached hydrogen (secondary N) is 1. The van der Waals surface area contributed by atoms with E-state index in [0.29, 0.717) is 44.2 Å². The van der Waals surface area contributed by atoms with Crippen molar-refractivity contribution in [3.63, 3.8) is 0 Å². The van der Waals surface area contributed by atoms with E-state index in [9.17, 15) is 14.4 Å². The van der Waals surface area contributed by atoms with Gasteiger partial charge in [-0.25, -0.2) is 4.39 Å². The number of carbonyl (C=O) groups is 3. The summed E-state index contributed by atoms with van der Waals surface area (Å²) < 4.78 is 28.6. The molecule has 1 saturated heterocycles. The molecule has 0 spiro atoms. The number of aromatic nitrogens is 2. The molecule has 1 saturated carbocycles. The Hall–Kier alpha value is -2.99.